The Balaban J connectivity index is 3.64. The summed E-state index contributed by atoms with van der Waals surface area (Å²) >= 11 is 0. The van der Waals surface area contributed by atoms with Crippen LogP contribution in [0.3, 0.4) is 0 Å². The first-order chi connectivity index (χ1) is 5.07. The van der Waals surface area contributed by atoms with Crippen molar-refractivity contribution in [2.24, 2.45) is 5.92 Å². The largest absolute Gasteiger partial charge is 0.463 e. The van der Waals surface area contributed by atoms with Gasteiger partial charge in [-0.3, -0.25) is 4.79 Å². The highest BCUT2D eigenvalue weighted by Gasteiger charge is 2.14. The Morgan fingerprint density at radius 1 is 1.45 bits per heavy atom. The summed E-state index contributed by atoms with van der Waals surface area (Å²) < 4.78 is 4.91. The molecule has 11 heavy (non-hydrogen) atoms. The van der Waals surface area contributed by atoms with Gasteiger partial charge in [0.25, 0.3) is 0 Å². The van der Waals surface area contributed by atoms with Crippen LogP contribution in [0, 0.1) is 5.92 Å². The molecule has 3 heteroatoms. The molecule has 0 aromatic carbocycles. The van der Waals surface area contributed by atoms with Gasteiger partial charge in [-0.1, -0.05) is 6.92 Å². The Hall–Kier alpha value is -0.570. The highest BCUT2D eigenvalue weighted by molar-refractivity contribution is 5.72. The van der Waals surface area contributed by atoms with Gasteiger partial charge in [0.05, 0.1) is 12.0 Å². The molecule has 0 aromatic heterocycles. The van der Waals surface area contributed by atoms with Gasteiger partial charge in [0.2, 0.25) is 0 Å². The molecule has 0 radical (unpaired) electrons. The molecule has 0 amide bonds. The molecule has 1 atom stereocenters. The van der Waals surface area contributed by atoms with E-state index in [0.29, 0.717) is 6.42 Å². The monoisotopic (exact) mass is 160 g/mol. The van der Waals surface area contributed by atoms with Gasteiger partial charge in [0.15, 0.2) is 0 Å². The molecule has 0 aromatic rings. The number of aliphatic hydroxyl groups excluding tert-OH is 1. The number of carbonyl (C=O) groups excluding carboxylic acids is 1. The van der Waals surface area contributed by atoms with Gasteiger partial charge in [-0.2, -0.15) is 0 Å². The maximum absolute atomic E-state index is 11.0. The quantitative estimate of drug-likeness (QED) is 0.623. The van der Waals surface area contributed by atoms with E-state index in [-0.39, 0.29) is 24.6 Å². The first-order valence-electron chi connectivity index (χ1n) is 3.89. The molecular weight excluding hydrogens is 144 g/mol. The van der Waals surface area contributed by atoms with Crippen LogP contribution in [-0.4, -0.2) is 23.8 Å². The highest BCUT2D eigenvalue weighted by atomic mass is 16.5. The van der Waals surface area contributed by atoms with E-state index < -0.39 is 0 Å². The number of rotatable bonds is 4. The molecule has 0 bridgehead atoms. The number of carbonyl (C=O) groups is 1. The number of hydrogen-bond donors (Lipinski definition) is 1. The van der Waals surface area contributed by atoms with Crippen molar-refractivity contribution in [2.75, 3.05) is 6.61 Å². The third-order valence-corrected chi connectivity index (χ3v) is 1.32. The molecule has 0 heterocycles. The van der Waals surface area contributed by atoms with Crippen LogP contribution in [0.25, 0.3) is 0 Å². The average Bonchev–Trinajstić information content (AvgIpc) is 1.86. The van der Waals surface area contributed by atoms with E-state index in [1.165, 1.54) is 0 Å². The van der Waals surface area contributed by atoms with Gasteiger partial charge in [0.1, 0.15) is 0 Å². The second kappa shape index (κ2) is 5.13. The summed E-state index contributed by atoms with van der Waals surface area (Å²) in [6.45, 7) is 5.41. The molecule has 1 N–H and O–H groups in total. The van der Waals surface area contributed by atoms with E-state index in [2.05, 4.69) is 0 Å². The van der Waals surface area contributed by atoms with E-state index in [4.69, 9.17) is 9.84 Å². The van der Waals surface area contributed by atoms with Crippen LogP contribution in [0.1, 0.15) is 27.2 Å². The summed E-state index contributed by atoms with van der Waals surface area (Å²) in [4.78, 5) is 11.0. The van der Waals surface area contributed by atoms with Gasteiger partial charge in [-0.15, -0.1) is 0 Å². The van der Waals surface area contributed by atoms with Crippen LogP contribution in [0.15, 0.2) is 0 Å². The molecule has 0 spiro atoms. The second-order valence-electron chi connectivity index (χ2n) is 2.90. The van der Waals surface area contributed by atoms with Gasteiger partial charge >= 0.3 is 5.97 Å². The Morgan fingerprint density at radius 3 is 2.36 bits per heavy atom. The lowest BCUT2D eigenvalue weighted by Crippen LogP contribution is -2.19. The van der Waals surface area contributed by atoms with Crippen molar-refractivity contribution in [2.45, 2.75) is 33.3 Å². The molecule has 0 aliphatic rings. The maximum Gasteiger partial charge on any atom is 0.308 e. The number of esters is 1. The van der Waals surface area contributed by atoms with Crippen LogP contribution in [0.2, 0.25) is 0 Å². The van der Waals surface area contributed by atoms with Crippen molar-refractivity contribution >= 4 is 5.97 Å². The number of aliphatic hydroxyl groups is 1. The zero-order chi connectivity index (χ0) is 8.85. The van der Waals surface area contributed by atoms with Crippen molar-refractivity contribution in [3.63, 3.8) is 0 Å². The Kier molecular flexibility index (Phi) is 4.86. The predicted octanol–water partition coefficient (Wildman–Crippen LogP) is 0.956. The number of ether oxygens (including phenoxy) is 1. The van der Waals surface area contributed by atoms with E-state index in [0.717, 1.165) is 0 Å². The van der Waals surface area contributed by atoms with Gasteiger partial charge in [-0.25, -0.2) is 0 Å². The lowest BCUT2D eigenvalue weighted by Gasteiger charge is -2.12. The Morgan fingerprint density at radius 2 is 2.00 bits per heavy atom. The van der Waals surface area contributed by atoms with E-state index >= 15 is 0 Å². The summed E-state index contributed by atoms with van der Waals surface area (Å²) in [6, 6.07) is 0. The highest BCUT2D eigenvalue weighted by Crippen LogP contribution is 2.05. The standard InChI is InChI=1S/C8H16O3/c1-6(2)11-8(10)7(3)4-5-9/h6-7,9H,4-5H2,1-3H3/t7-/m0/s1. The van der Waals surface area contributed by atoms with E-state index in [1.54, 1.807) is 6.92 Å². The van der Waals surface area contributed by atoms with Crippen LogP contribution in [0.4, 0.5) is 0 Å². The molecule has 0 aliphatic heterocycles. The third-order valence-electron chi connectivity index (χ3n) is 1.32. The minimum Gasteiger partial charge on any atom is -0.463 e. The first kappa shape index (κ1) is 10.4. The lowest BCUT2D eigenvalue weighted by atomic mass is 10.1. The van der Waals surface area contributed by atoms with Crippen molar-refractivity contribution in [3.05, 3.63) is 0 Å². The summed E-state index contributed by atoms with van der Waals surface area (Å²) in [6.07, 6.45) is 0.412. The topological polar surface area (TPSA) is 46.5 Å². The van der Waals surface area contributed by atoms with E-state index in [1.807, 2.05) is 13.8 Å². The fraction of sp³-hybridized carbons (Fsp3) is 0.875. The molecule has 0 fully saturated rings. The summed E-state index contributed by atoms with van der Waals surface area (Å²) in [5, 5.41) is 8.51. The number of hydrogen-bond acceptors (Lipinski definition) is 3. The van der Waals surface area contributed by atoms with Crippen molar-refractivity contribution < 1.29 is 14.6 Å². The minimum absolute atomic E-state index is 0.0361. The molecule has 0 unspecified atom stereocenters. The van der Waals surface area contributed by atoms with Crippen molar-refractivity contribution in [3.8, 4) is 0 Å². The maximum atomic E-state index is 11.0. The third kappa shape index (κ3) is 4.79. The molecule has 0 aliphatic carbocycles. The average molecular weight is 160 g/mol. The van der Waals surface area contributed by atoms with Crippen molar-refractivity contribution in [1.82, 2.24) is 0 Å². The molecular formula is C8H16O3. The van der Waals surface area contributed by atoms with Crippen LogP contribution < -0.4 is 0 Å². The first-order valence-corrected chi connectivity index (χ1v) is 3.89. The van der Waals surface area contributed by atoms with Gasteiger partial charge in [-0.05, 0) is 20.3 Å². The lowest BCUT2D eigenvalue weighted by molar-refractivity contribution is -0.152. The molecule has 0 saturated carbocycles. The van der Waals surface area contributed by atoms with Crippen LogP contribution in [0.5, 0.6) is 0 Å². The fourth-order valence-corrected chi connectivity index (χ4v) is 0.660. The SMILES string of the molecule is CC(C)OC(=O)[C@@H](C)CCO. The molecule has 66 valence electrons. The van der Waals surface area contributed by atoms with Crippen LogP contribution in [-0.2, 0) is 9.53 Å². The summed E-state index contributed by atoms with van der Waals surface area (Å²) in [5.74, 6) is -0.420. The smallest absolute Gasteiger partial charge is 0.308 e. The van der Waals surface area contributed by atoms with Gasteiger partial charge in [0, 0.05) is 6.61 Å². The predicted molar refractivity (Wildman–Crippen MR) is 42.1 cm³/mol. The Bertz CT molecular complexity index is 121. The van der Waals surface area contributed by atoms with Gasteiger partial charge < -0.3 is 9.84 Å². The fourth-order valence-electron chi connectivity index (χ4n) is 0.660. The summed E-state index contributed by atoms with van der Waals surface area (Å²) in [7, 11) is 0. The zero-order valence-electron chi connectivity index (χ0n) is 7.33. The molecule has 0 saturated heterocycles. The zero-order valence-corrected chi connectivity index (χ0v) is 7.33. The Labute approximate surface area is 67.4 Å². The molecule has 0 rings (SSSR count). The van der Waals surface area contributed by atoms with Crippen LogP contribution >= 0.6 is 0 Å². The normalized spacial score (nSPS) is 13.2. The molecule has 3 nitrogen and oxygen atoms in total. The summed E-state index contributed by atoms with van der Waals surface area (Å²) in [5.41, 5.74) is 0. The van der Waals surface area contributed by atoms with E-state index in [9.17, 15) is 4.79 Å². The van der Waals surface area contributed by atoms with Crippen molar-refractivity contribution in [1.29, 1.82) is 0 Å². The second-order valence-corrected chi connectivity index (χ2v) is 2.90. The minimum atomic E-state index is -0.228.